The van der Waals surface area contributed by atoms with Gasteiger partial charge in [-0.15, -0.1) is 0 Å². The number of aryl methyl sites for hydroxylation is 1. The maximum absolute atomic E-state index is 15.8. The lowest BCUT2D eigenvalue weighted by molar-refractivity contribution is -0.120. The van der Waals surface area contributed by atoms with Crippen molar-refractivity contribution in [2.45, 2.75) is 58.9 Å². The molecule has 2 aliphatic heterocycles. The number of aromatic nitrogens is 5. The highest BCUT2D eigenvalue weighted by Gasteiger charge is 2.26. The molecule has 64 heavy (non-hydrogen) atoms. The number of halogens is 1. The third kappa shape index (κ3) is 9.91. The van der Waals surface area contributed by atoms with Gasteiger partial charge in [-0.25, -0.2) is 14.4 Å². The van der Waals surface area contributed by atoms with E-state index in [1.807, 2.05) is 45.9 Å². The van der Waals surface area contributed by atoms with Gasteiger partial charge >= 0.3 is 0 Å². The molecule has 8 rings (SSSR count). The van der Waals surface area contributed by atoms with Gasteiger partial charge in [-0.1, -0.05) is 38.1 Å². The van der Waals surface area contributed by atoms with Crippen molar-refractivity contribution >= 4 is 46.3 Å². The van der Waals surface area contributed by atoms with Gasteiger partial charge in [-0.05, 0) is 97.0 Å². The van der Waals surface area contributed by atoms with Gasteiger partial charge in [0.2, 0.25) is 18.2 Å². The van der Waals surface area contributed by atoms with Crippen molar-refractivity contribution in [1.82, 2.24) is 40.6 Å². The van der Waals surface area contributed by atoms with Crippen molar-refractivity contribution in [3.05, 3.63) is 102 Å². The highest BCUT2D eigenvalue weighted by Crippen LogP contribution is 2.34. The molecule has 0 atom stereocenters. The van der Waals surface area contributed by atoms with E-state index in [0.717, 1.165) is 93.3 Å². The zero-order chi connectivity index (χ0) is 45.0. The number of carbonyl (C=O) groups is 3. The number of fused-ring (bicyclic) bond motifs is 1. The first-order valence-corrected chi connectivity index (χ1v) is 22.0. The zero-order valence-corrected chi connectivity index (χ0v) is 37.2. The summed E-state index contributed by atoms with van der Waals surface area (Å²) in [6.07, 6.45) is 4.76. The van der Waals surface area contributed by atoms with Crippen LogP contribution in [0.1, 0.15) is 67.7 Å². The number of nitrogens with one attached hydrogen (secondary N) is 3. The molecule has 2 saturated heterocycles. The van der Waals surface area contributed by atoms with Crippen LogP contribution in [-0.2, 0) is 21.5 Å². The molecule has 0 spiro atoms. The Morgan fingerprint density at radius 3 is 2.28 bits per heavy atom. The summed E-state index contributed by atoms with van der Waals surface area (Å²) < 4.78 is 21.1. The molecule has 0 unspecified atom stereocenters. The number of hydrogen-bond acceptors (Lipinski definition) is 11. The maximum Gasteiger partial charge on any atom is 0.292 e. The molecule has 6 aromatic rings. The Balaban J connectivity index is 0.828. The number of nitrogens with zero attached hydrogens (tertiary/aromatic N) is 8. The molecule has 3 N–H and O–H groups in total. The summed E-state index contributed by atoms with van der Waals surface area (Å²) in [5.41, 5.74) is 7.46. The molecule has 15 nitrogen and oxygen atoms in total. The second-order valence-corrected chi connectivity index (χ2v) is 17.8. The van der Waals surface area contributed by atoms with Crippen molar-refractivity contribution in [3.63, 3.8) is 0 Å². The average molecular weight is 870 g/mol. The predicted molar refractivity (Wildman–Crippen MR) is 246 cm³/mol. The molecule has 5 heterocycles. The Bertz CT molecular complexity index is 2590. The van der Waals surface area contributed by atoms with Gasteiger partial charge in [0.1, 0.15) is 17.8 Å². The van der Waals surface area contributed by atoms with Crippen LogP contribution < -0.4 is 25.3 Å². The number of H-pyrrole nitrogens is 1. The summed E-state index contributed by atoms with van der Waals surface area (Å²) in [6, 6.07) is 21.8. The molecule has 0 saturated carbocycles. The van der Waals surface area contributed by atoms with E-state index in [-0.39, 0.29) is 24.7 Å². The molecule has 3 aromatic carbocycles. The van der Waals surface area contributed by atoms with Crippen molar-refractivity contribution in [1.29, 1.82) is 0 Å². The number of hydrogen-bond donors (Lipinski definition) is 3. The number of carbonyl (C=O) groups excluding carboxylic acids is 3. The molecule has 0 radical (unpaired) electrons. The standard InChI is InChI=1S/C48H56FN11O4/c1-31-24-38(40(49)25-34(31)27-51-46(63)45-55-47(64-56-45)48(2,3)4)43-39-26-41(54-44(39)53-29-52-43)33-6-8-35(9-7-33)59-22-20-57(21-23-59)28-32-14-17-58(18-15-32)36-10-12-37(13-11-36)60(30-61)19-16-42(62)50-5/h6-13,24-26,29-30,32H,14-23,27-28H2,1-5H3,(H,50,62)(H,51,63)(H,52,53,54). The lowest BCUT2D eigenvalue weighted by Gasteiger charge is -2.40. The van der Waals surface area contributed by atoms with Gasteiger partial charge in [0.15, 0.2) is 0 Å². The fourth-order valence-corrected chi connectivity index (χ4v) is 8.50. The Morgan fingerprint density at radius 2 is 1.62 bits per heavy atom. The smallest absolute Gasteiger partial charge is 0.292 e. The topological polar surface area (TPSA) is 169 Å². The van der Waals surface area contributed by atoms with Gasteiger partial charge in [-0.2, -0.15) is 4.98 Å². The molecule has 3 aromatic heterocycles. The van der Waals surface area contributed by atoms with Gasteiger partial charge in [0, 0.05) is 111 Å². The molecule has 3 amide bonds. The van der Waals surface area contributed by atoms with E-state index in [1.54, 1.807) is 18.0 Å². The van der Waals surface area contributed by atoms with Crippen LogP contribution in [0, 0.1) is 18.7 Å². The fourth-order valence-electron chi connectivity index (χ4n) is 8.50. The van der Waals surface area contributed by atoms with E-state index in [2.05, 4.69) is 86.8 Å². The zero-order valence-electron chi connectivity index (χ0n) is 37.2. The lowest BCUT2D eigenvalue weighted by atomic mass is 9.95. The first kappa shape index (κ1) is 43.9. The Morgan fingerprint density at radius 1 is 0.938 bits per heavy atom. The highest BCUT2D eigenvalue weighted by atomic mass is 19.1. The number of anilines is 3. The minimum atomic E-state index is -0.500. The third-order valence-electron chi connectivity index (χ3n) is 12.4. The molecule has 2 fully saturated rings. The molecule has 2 aliphatic rings. The average Bonchev–Trinajstić information content (AvgIpc) is 4.00. The minimum absolute atomic E-state index is 0.0658. The Labute approximate surface area is 372 Å². The van der Waals surface area contributed by atoms with Crippen LogP contribution >= 0.6 is 0 Å². The molecule has 0 aliphatic carbocycles. The summed E-state index contributed by atoms with van der Waals surface area (Å²) in [7, 11) is 1.60. The van der Waals surface area contributed by atoms with E-state index in [4.69, 9.17) is 4.52 Å². The summed E-state index contributed by atoms with van der Waals surface area (Å²) in [5.74, 6) is -0.0935. The summed E-state index contributed by atoms with van der Waals surface area (Å²) >= 11 is 0. The summed E-state index contributed by atoms with van der Waals surface area (Å²) in [6.45, 7) is 15.1. The number of benzene rings is 3. The van der Waals surface area contributed by atoms with Gasteiger partial charge < -0.3 is 34.8 Å². The van der Waals surface area contributed by atoms with Crippen LogP contribution in [0.5, 0.6) is 0 Å². The summed E-state index contributed by atoms with van der Waals surface area (Å²) in [4.78, 5) is 61.7. The number of piperidine rings is 1. The molecule has 0 bridgehead atoms. The van der Waals surface area contributed by atoms with E-state index in [9.17, 15) is 14.4 Å². The van der Waals surface area contributed by atoms with Crippen molar-refractivity contribution < 1.29 is 23.3 Å². The third-order valence-corrected chi connectivity index (χ3v) is 12.4. The van der Waals surface area contributed by atoms with Crippen LogP contribution in [-0.4, -0.2) is 108 Å². The van der Waals surface area contributed by atoms with Crippen molar-refractivity contribution in [2.24, 2.45) is 5.92 Å². The predicted octanol–water partition coefficient (Wildman–Crippen LogP) is 6.49. The summed E-state index contributed by atoms with van der Waals surface area (Å²) in [5, 5.41) is 9.88. The van der Waals surface area contributed by atoms with E-state index < -0.39 is 17.1 Å². The van der Waals surface area contributed by atoms with Crippen LogP contribution in [0.4, 0.5) is 21.5 Å². The fraction of sp³-hybridized carbons (Fsp3) is 0.396. The van der Waals surface area contributed by atoms with Gasteiger partial charge in [0.25, 0.3) is 11.7 Å². The van der Waals surface area contributed by atoms with E-state index in [0.29, 0.717) is 46.2 Å². The molecule has 334 valence electrons. The van der Waals surface area contributed by atoms with Crippen molar-refractivity contribution in [2.75, 3.05) is 74.1 Å². The van der Waals surface area contributed by atoms with Crippen LogP contribution in [0.2, 0.25) is 0 Å². The quantitative estimate of drug-likeness (QED) is 0.102. The SMILES string of the molecule is CNC(=O)CCN(C=O)c1ccc(N2CCC(CN3CCN(c4ccc(-c5cc6c(-c7cc(C)c(CNC(=O)c8noc(C(C)(C)C)n8)cc7F)ncnc6[nH]5)cc4)CC3)CC2)cc1. The minimum Gasteiger partial charge on any atom is -0.372 e. The largest absolute Gasteiger partial charge is 0.372 e. The molecular weight excluding hydrogens is 814 g/mol. The van der Waals surface area contributed by atoms with Gasteiger partial charge in [-0.3, -0.25) is 19.3 Å². The number of amides is 3. The highest BCUT2D eigenvalue weighted by molar-refractivity contribution is 5.94. The number of aromatic amines is 1. The Kier molecular flexibility index (Phi) is 13.0. The Hall–Kier alpha value is -6.68. The normalized spacial score (nSPS) is 15.1. The maximum atomic E-state index is 15.8. The first-order valence-electron chi connectivity index (χ1n) is 22.0. The van der Waals surface area contributed by atoms with Crippen LogP contribution in [0.3, 0.4) is 0 Å². The lowest BCUT2D eigenvalue weighted by Crippen LogP contribution is -2.49. The van der Waals surface area contributed by atoms with Crippen LogP contribution in [0.15, 0.2) is 77.6 Å². The van der Waals surface area contributed by atoms with E-state index in [1.165, 1.54) is 18.1 Å². The molecular formula is C48H56FN11O4. The molecule has 16 heteroatoms. The van der Waals surface area contributed by atoms with Crippen LogP contribution in [0.25, 0.3) is 33.5 Å². The monoisotopic (exact) mass is 869 g/mol. The first-order chi connectivity index (χ1) is 30.9. The number of rotatable bonds is 14. The number of piperazine rings is 1. The van der Waals surface area contributed by atoms with E-state index >= 15 is 4.39 Å². The second-order valence-electron chi connectivity index (χ2n) is 17.8. The van der Waals surface area contributed by atoms with Crippen molar-refractivity contribution in [3.8, 4) is 22.5 Å². The second kappa shape index (κ2) is 19.0. The van der Waals surface area contributed by atoms with Gasteiger partial charge in [0.05, 0.1) is 5.69 Å².